The number of carbonyl (C=O) groups excluding carboxylic acids is 1. The summed E-state index contributed by atoms with van der Waals surface area (Å²) in [4.78, 5) is 22.9. The maximum absolute atomic E-state index is 9.43. The number of hydrogen-bond acceptors (Lipinski definition) is 6. The Balaban J connectivity index is 0.000000471. The van der Waals surface area contributed by atoms with Crippen LogP contribution in [0.15, 0.2) is 42.5 Å². The van der Waals surface area contributed by atoms with Crippen molar-refractivity contribution in [3.05, 3.63) is 59.4 Å². The SMILES string of the molecule is CN(C)C=O.C[C@@H]1CCN(c2nc(Cc3ccccc3)cc(Nc3cc(C4CC4)[nH]n3)n2)C1. The van der Waals surface area contributed by atoms with Crippen molar-refractivity contribution in [3.63, 3.8) is 0 Å². The Hall–Kier alpha value is -3.42. The molecule has 2 N–H and O–H groups in total. The number of hydrogen-bond donors (Lipinski definition) is 2. The van der Waals surface area contributed by atoms with E-state index in [1.54, 1.807) is 14.1 Å². The number of benzene rings is 1. The van der Waals surface area contributed by atoms with Crippen molar-refractivity contribution in [1.82, 2.24) is 25.1 Å². The fourth-order valence-corrected chi connectivity index (χ4v) is 3.84. The molecule has 1 aromatic carbocycles. The topological polar surface area (TPSA) is 90.0 Å². The highest BCUT2D eigenvalue weighted by atomic mass is 16.1. The Bertz CT molecular complexity index is 1050. The van der Waals surface area contributed by atoms with Gasteiger partial charge in [0.25, 0.3) is 0 Å². The van der Waals surface area contributed by atoms with Gasteiger partial charge in [-0.05, 0) is 30.7 Å². The average molecular weight is 448 g/mol. The number of anilines is 3. The van der Waals surface area contributed by atoms with Gasteiger partial charge in [0.05, 0.1) is 5.69 Å². The van der Waals surface area contributed by atoms with E-state index < -0.39 is 0 Å². The third kappa shape index (κ3) is 6.54. The Morgan fingerprint density at radius 2 is 1.88 bits per heavy atom. The number of aromatic amines is 1. The summed E-state index contributed by atoms with van der Waals surface area (Å²) in [5, 5.41) is 11.0. The van der Waals surface area contributed by atoms with Crippen LogP contribution in [-0.4, -0.2) is 58.7 Å². The van der Waals surface area contributed by atoms with E-state index in [0.717, 1.165) is 49.2 Å². The third-order valence-corrected chi connectivity index (χ3v) is 5.78. The average Bonchev–Trinajstić information content (AvgIpc) is 3.40. The molecule has 0 spiro atoms. The first-order valence-corrected chi connectivity index (χ1v) is 11.6. The van der Waals surface area contributed by atoms with Crippen LogP contribution in [0.3, 0.4) is 0 Å². The fraction of sp³-hybridized carbons (Fsp3) is 0.440. The van der Waals surface area contributed by atoms with E-state index in [-0.39, 0.29) is 0 Å². The molecule has 5 rings (SSSR count). The molecule has 1 aliphatic heterocycles. The van der Waals surface area contributed by atoms with Crippen LogP contribution in [0.1, 0.15) is 49.1 Å². The normalized spacial score (nSPS) is 17.3. The molecule has 3 aromatic rings. The minimum atomic E-state index is 0.656. The lowest BCUT2D eigenvalue weighted by Crippen LogP contribution is -2.22. The van der Waals surface area contributed by atoms with E-state index >= 15 is 0 Å². The van der Waals surface area contributed by atoms with Crippen molar-refractivity contribution in [2.75, 3.05) is 37.4 Å². The molecule has 1 atom stereocenters. The number of nitrogens with zero attached hydrogens (tertiary/aromatic N) is 5. The molecular formula is C25H33N7O. The van der Waals surface area contributed by atoms with Crippen molar-refractivity contribution < 1.29 is 4.79 Å². The maximum atomic E-state index is 9.43. The van der Waals surface area contributed by atoms with Crippen LogP contribution in [0.25, 0.3) is 0 Å². The van der Waals surface area contributed by atoms with Crippen molar-refractivity contribution in [2.24, 2.45) is 5.92 Å². The highest BCUT2D eigenvalue weighted by Crippen LogP contribution is 2.39. The van der Waals surface area contributed by atoms with Crippen LogP contribution < -0.4 is 10.2 Å². The summed E-state index contributed by atoms with van der Waals surface area (Å²) in [6, 6.07) is 14.6. The van der Waals surface area contributed by atoms with Crippen molar-refractivity contribution >= 4 is 24.0 Å². The zero-order chi connectivity index (χ0) is 23.2. The molecule has 1 amide bonds. The largest absolute Gasteiger partial charge is 0.351 e. The highest BCUT2D eigenvalue weighted by molar-refractivity contribution is 5.55. The fourth-order valence-electron chi connectivity index (χ4n) is 3.84. The first-order valence-electron chi connectivity index (χ1n) is 11.6. The molecule has 8 heteroatoms. The zero-order valence-electron chi connectivity index (χ0n) is 19.7. The minimum absolute atomic E-state index is 0.656. The summed E-state index contributed by atoms with van der Waals surface area (Å²) < 4.78 is 0. The highest BCUT2D eigenvalue weighted by Gasteiger charge is 2.26. The van der Waals surface area contributed by atoms with E-state index in [1.807, 2.05) is 12.1 Å². The van der Waals surface area contributed by atoms with E-state index in [9.17, 15) is 4.79 Å². The summed E-state index contributed by atoms with van der Waals surface area (Å²) in [6.07, 6.45) is 5.25. The molecule has 0 unspecified atom stereocenters. The van der Waals surface area contributed by atoms with Crippen molar-refractivity contribution in [2.45, 2.75) is 38.5 Å². The quantitative estimate of drug-likeness (QED) is 0.533. The zero-order valence-corrected chi connectivity index (χ0v) is 19.7. The standard InChI is InChI=1S/C22H26N6.C3H7NO/c1-15-9-10-28(14-15)22-23-18(11-16-5-3-2-4-6-16)12-20(25-22)24-21-13-19(26-27-21)17-7-8-17;1-4(2)3-5/h2-6,12-13,15,17H,7-11,14H2,1H3,(H2,23,24,25,26,27);3H,1-2H3/t15-;/m1./s1. The molecule has 2 aliphatic rings. The molecule has 174 valence electrons. The number of aromatic nitrogens is 4. The van der Waals surface area contributed by atoms with Gasteiger partial charge in [-0.25, -0.2) is 4.98 Å². The number of rotatable bonds is 7. The molecule has 1 saturated carbocycles. The summed E-state index contributed by atoms with van der Waals surface area (Å²) in [7, 11) is 3.38. The Labute approximate surface area is 195 Å². The lowest BCUT2D eigenvalue weighted by atomic mass is 10.1. The molecule has 33 heavy (non-hydrogen) atoms. The van der Waals surface area contributed by atoms with Crippen LogP contribution in [0, 0.1) is 5.92 Å². The Morgan fingerprint density at radius 1 is 1.12 bits per heavy atom. The van der Waals surface area contributed by atoms with E-state index in [2.05, 4.69) is 57.7 Å². The Kier molecular flexibility index (Phi) is 7.22. The first kappa shape index (κ1) is 22.8. The second-order valence-electron chi connectivity index (χ2n) is 9.22. The van der Waals surface area contributed by atoms with Gasteiger partial charge in [0.2, 0.25) is 12.4 Å². The van der Waals surface area contributed by atoms with Gasteiger partial charge in [-0.15, -0.1) is 0 Å². The third-order valence-electron chi connectivity index (χ3n) is 5.78. The van der Waals surface area contributed by atoms with Crippen LogP contribution in [0.4, 0.5) is 17.6 Å². The van der Waals surface area contributed by atoms with Crippen LogP contribution in [0.5, 0.6) is 0 Å². The van der Waals surface area contributed by atoms with Gasteiger partial charge in [-0.3, -0.25) is 9.89 Å². The predicted octanol–water partition coefficient (Wildman–Crippen LogP) is 3.96. The summed E-state index contributed by atoms with van der Waals surface area (Å²) in [5.74, 6) is 3.79. The number of nitrogens with one attached hydrogen (secondary N) is 2. The molecule has 2 aromatic heterocycles. The molecule has 1 aliphatic carbocycles. The van der Waals surface area contributed by atoms with Crippen LogP contribution in [0.2, 0.25) is 0 Å². The molecule has 3 heterocycles. The maximum Gasteiger partial charge on any atom is 0.227 e. The molecule has 0 bridgehead atoms. The van der Waals surface area contributed by atoms with Gasteiger partial charge in [0.15, 0.2) is 5.82 Å². The number of H-pyrrole nitrogens is 1. The molecule has 8 nitrogen and oxygen atoms in total. The van der Waals surface area contributed by atoms with Gasteiger partial charge in [-0.1, -0.05) is 37.3 Å². The van der Waals surface area contributed by atoms with Crippen molar-refractivity contribution in [1.29, 1.82) is 0 Å². The summed E-state index contributed by atoms with van der Waals surface area (Å²) in [5.41, 5.74) is 3.49. The summed E-state index contributed by atoms with van der Waals surface area (Å²) >= 11 is 0. The first-order chi connectivity index (χ1) is 16.0. The monoisotopic (exact) mass is 447 g/mol. The summed E-state index contributed by atoms with van der Waals surface area (Å²) in [6.45, 7) is 4.32. The lowest BCUT2D eigenvalue weighted by molar-refractivity contribution is -0.115. The van der Waals surface area contributed by atoms with Crippen LogP contribution in [-0.2, 0) is 11.2 Å². The molecule has 2 fully saturated rings. The van der Waals surface area contributed by atoms with E-state index in [4.69, 9.17) is 9.97 Å². The van der Waals surface area contributed by atoms with Crippen molar-refractivity contribution in [3.8, 4) is 0 Å². The van der Waals surface area contributed by atoms with Gasteiger partial charge in [0, 0.05) is 57.4 Å². The second kappa shape index (κ2) is 10.5. The van der Waals surface area contributed by atoms with E-state index in [0.29, 0.717) is 11.8 Å². The molecular weight excluding hydrogens is 414 g/mol. The molecule has 0 radical (unpaired) electrons. The van der Waals surface area contributed by atoms with E-state index in [1.165, 1.54) is 35.4 Å². The van der Waals surface area contributed by atoms with Gasteiger partial charge >= 0.3 is 0 Å². The van der Waals surface area contributed by atoms with Crippen LogP contribution >= 0.6 is 0 Å². The van der Waals surface area contributed by atoms with Gasteiger partial charge in [-0.2, -0.15) is 10.1 Å². The minimum Gasteiger partial charge on any atom is -0.351 e. The molecule has 1 saturated heterocycles. The number of amides is 1. The van der Waals surface area contributed by atoms with Gasteiger partial charge < -0.3 is 15.1 Å². The lowest BCUT2D eigenvalue weighted by Gasteiger charge is -2.18. The van der Waals surface area contributed by atoms with Gasteiger partial charge in [0.1, 0.15) is 5.82 Å². The smallest absolute Gasteiger partial charge is 0.227 e. The Morgan fingerprint density at radius 3 is 2.52 bits per heavy atom. The second-order valence-corrected chi connectivity index (χ2v) is 9.22. The predicted molar refractivity (Wildman–Crippen MR) is 131 cm³/mol. The number of carbonyl (C=O) groups is 1.